The van der Waals surface area contributed by atoms with E-state index in [1.54, 1.807) is 29.0 Å². The molecule has 1 amide bonds. The summed E-state index contributed by atoms with van der Waals surface area (Å²) < 4.78 is 1.68. The SMILES string of the molecule is CC(=O)c1cccc(-c2cccc(-n3cc(C(=O)Nc4c(Cl)cncc4Cl)c(=O)c4cccnc43)c2)c1. The van der Waals surface area contributed by atoms with Gasteiger partial charge in [-0.25, -0.2) is 4.98 Å². The van der Waals surface area contributed by atoms with Gasteiger partial charge in [-0.2, -0.15) is 0 Å². The van der Waals surface area contributed by atoms with Gasteiger partial charge < -0.3 is 9.88 Å². The Labute approximate surface area is 221 Å². The van der Waals surface area contributed by atoms with Crippen LogP contribution in [0.2, 0.25) is 10.0 Å². The van der Waals surface area contributed by atoms with Gasteiger partial charge in [0, 0.05) is 36.0 Å². The van der Waals surface area contributed by atoms with Gasteiger partial charge in [-0.15, -0.1) is 0 Å². The minimum atomic E-state index is -0.676. The van der Waals surface area contributed by atoms with Crippen molar-refractivity contribution in [1.82, 2.24) is 14.5 Å². The van der Waals surface area contributed by atoms with Crippen molar-refractivity contribution in [3.05, 3.63) is 117 Å². The third kappa shape index (κ3) is 4.74. The van der Waals surface area contributed by atoms with Gasteiger partial charge in [-0.1, -0.05) is 53.5 Å². The number of carbonyl (C=O) groups is 2. The molecule has 1 N–H and O–H groups in total. The summed E-state index contributed by atoms with van der Waals surface area (Å²) in [5, 5.41) is 3.18. The molecule has 0 unspecified atom stereocenters. The van der Waals surface area contributed by atoms with E-state index in [4.69, 9.17) is 23.2 Å². The Balaban J connectivity index is 1.65. The zero-order valence-electron chi connectivity index (χ0n) is 19.4. The molecule has 0 fully saturated rings. The number of nitrogens with one attached hydrogen (secondary N) is 1. The lowest BCUT2D eigenvalue weighted by Crippen LogP contribution is -2.24. The van der Waals surface area contributed by atoms with Crippen molar-refractivity contribution in [3.63, 3.8) is 0 Å². The average molecular weight is 529 g/mol. The molecule has 0 spiro atoms. The maximum absolute atomic E-state index is 13.3. The zero-order chi connectivity index (χ0) is 26.1. The van der Waals surface area contributed by atoms with Crippen molar-refractivity contribution >= 4 is 51.6 Å². The maximum Gasteiger partial charge on any atom is 0.261 e. The van der Waals surface area contributed by atoms with Gasteiger partial charge in [0.1, 0.15) is 11.2 Å². The van der Waals surface area contributed by atoms with Gasteiger partial charge in [0.2, 0.25) is 5.43 Å². The largest absolute Gasteiger partial charge is 0.319 e. The van der Waals surface area contributed by atoms with E-state index in [-0.39, 0.29) is 32.5 Å². The number of ketones is 1. The van der Waals surface area contributed by atoms with Crippen molar-refractivity contribution in [2.24, 2.45) is 0 Å². The fraction of sp³-hybridized carbons (Fsp3) is 0.0357. The van der Waals surface area contributed by atoms with Crippen molar-refractivity contribution in [3.8, 4) is 16.8 Å². The standard InChI is InChI=1S/C28H18Cl2N4O3/c1-16(35)17-5-2-6-18(11-17)19-7-3-8-20(12-19)34-15-22(26(36)21-9-4-10-32-27(21)34)28(37)33-25-23(29)13-31-14-24(25)30/h2-15H,1H3,(H,31,33,37). The number of benzene rings is 2. The Morgan fingerprint density at radius 2 is 1.62 bits per heavy atom. The van der Waals surface area contributed by atoms with Gasteiger partial charge in [0.25, 0.3) is 5.91 Å². The summed E-state index contributed by atoms with van der Waals surface area (Å²) in [4.78, 5) is 46.7. The molecule has 182 valence electrons. The molecule has 3 heterocycles. The van der Waals surface area contributed by atoms with Crippen molar-refractivity contribution in [2.45, 2.75) is 6.92 Å². The Morgan fingerprint density at radius 1 is 0.919 bits per heavy atom. The fourth-order valence-electron chi connectivity index (χ4n) is 3.98. The molecule has 0 aliphatic rings. The number of anilines is 1. The van der Waals surface area contributed by atoms with E-state index in [0.717, 1.165) is 11.1 Å². The molecule has 7 nitrogen and oxygen atoms in total. The van der Waals surface area contributed by atoms with Crippen LogP contribution in [0.25, 0.3) is 27.8 Å². The van der Waals surface area contributed by atoms with Gasteiger partial charge in [0.05, 0.1) is 21.1 Å². The van der Waals surface area contributed by atoms with Gasteiger partial charge >= 0.3 is 0 Å². The highest BCUT2D eigenvalue weighted by atomic mass is 35.5. The molecular weight excluding hydrogens is 511 g/mol. The summed E-state index contributed by atoms with van der Waals surface area (Å²) in [6.07, 6.45) is 5.71. The molecule has 0 bridgehead atoms. The molecule has 3 aromatic heterocycles. The second-order valence-corrected chi connectivity index (χ2v) is 9.05. The molecular formula is C28H18Cl2N4O3. The summed E-state index contributed by atoms with van der Waals surface area (Å²) in [6, 6.07) is 18.1. The van der Waals surface area contributed by atoms with Crippen molar-refractivity contribution in [2.75, 3.05) is 5.32 Å². The first-order chi connectivity index (χ1) is 17.8. The fourth-order valence-corrected chi connectivity index (χ4v) is 4.44. The minimum Gasteiger partial charge on any atom is -0.319 e. The summed E-state index contributed by atoms with van der Waals surface area (Å²) in [5.41, 5.74) is 2.93. The monoisotopic (exact) mass is 528 g/mol. The normalized spacial score (nSPS) is 10.9. The van der Waals surface area contributed by atoms with E-state index in [1.165, 1.54) is 25.5 Å². The number of Topliss-reactive ketones (excluding diaryl/α,β-unsaturated/α-hetero) is 1. The summed E-state index contributed by atoms with van der Waals surface area (Å²) in [6.45, 7) is 1.52. The van der Waals surface area contributed by atoms with E-state index >= 15 is 0 Å². The number of hydrogen-bond acceptors (Lipinski definition) is 5. The van der Waals surface area contributed by atoms with E-state index in [2.05, 4.69) is 15.3 Å². The van der Waals surface area contributed by atoms with Crippen LogP contribution in [0.4, 0.5) is 5.69 Å². The van der Waals surface area contributed by atoms with Crippen LogP contribution >= 0.6 is 23.2 Å². The number of pyridine rings is 3. The van der Waals surface area contributed by atoms with E-state index in [0.29, 0.717) is 16.9 Å². The number of nitrogens with zero attached hydrogens (tertiary/aromatic N) is 3. The molecule has 0 atom stereocenters. The van der Waals surface area contributed by atoms with Crippen LogP contribution in [0, 0.1) is 0 Å². The highest BCUT2D eigenvalue weighted by Crippen LogP contribution is 2.29. The molecule has 0 saturated heterocycles. The second kappa shape index (κ2) is 9.97. The zero-order valence-corrected chi connectivity index (χ0v) is 20.9. The lowest BCUT2D eigenvalue weighted by molar-refractivity contribution is 0.101. The number of halogens is 2. The number of amides is 1. The first kappa shape index (κ1) is 24.4. The molecule has 0 radical (unpaired) electrons. The topological polar surface area (TPSA) is 94.0 Å². The minimum absolute atomic E-state index is 0.0290. The van der Waals surface area contributed by atoms with Gasteiger partial charge in [-0.3, -0.25) is 19.4 Å². The Kier molecular flexibility index (Phi) is 6.56. The van der Waals surface area contributed by atoms with Gasteiger partial charge in [-0.05, 0) is 48.4 Å². The predicted octanol–water partition coefficient (Wildman–Crippen LogP) is 6.21. The lowest BCUT2D eigenvalue weighted by Gasteiger charge is -2.15. The smallest absolute Gasteiger partial charge is 0.261 e. The van der Waals surface area contributed by atoms with Crippen LogP contribution in [-0.2, 0) is 0 Å². The Bertz CT molecular complexity index is 1740. The molecule has 5 rings (SSSR count). The highest BCUT2D eigenvalue weighted by molar-refractivity contribution is 6.39. The molecule has 9 heteroatoms. The first-order valence-electron chi connectivity index (χ1n) is 11.2. The third-order valence-electron chi connectivity index (χ3n) is 5.83. The second-order valence-electron chi connectivity index (χ2n) is 8.24. The predicted molar refractivity (Wildman–Crippen MR) is 145 cm³/mol. The van der Waals surface area contributed by atoms with Crippen LogP contribution in [-0.4, -0.2) is 26.2 Å². The molecule has 5 aromatic rings. The quantitative estimate of drug-likeness (QED) is 0.273. The average Bonchev–Trinajstić information content (AvgIpc) is 2.91. The van der Waals surface area contributed by atoms with Crippen LogP contribution < -0.4 is 10.7 Å². The van der Waals surface area contributed by atoms with Crippen LogP contribution in [0.5, 0.6) is 0 Å². The Morgan fingerprint density at radius 3 is 2.35 bits per heavy atom. The number of rotatable bonds is 5. The summed E-state index contributed by atoms with van der Waals surface area (Å²) in [7, 11) is 0. The van der Waals surface area contributed by atoms with E-state index < -0.39 is 11.3 Å². The van der Waals surface area contributed by atoms with E-state index in [1.807, 2.05) is 42.5 Å². The molecule has 0 saturated carbocycles. The summed E-state index contributed by atoms with van der Waals surface area (Å²) >= 11 is 12.3. The van der Waals surface area contributed by atoms with Crippen LogP contribution in [0.15, 0.2) is 90.2 Å². The highest BCUT2D eigenvalue weighted by Gasteiger charge is 2.19. The van der Waals surface area contributed by atoms with Crippen LogP contribution in [0.1, 0.15) is 27.6 Å². The number of aromatic nitrogens is 3. The van der Waals surface area contributed by atoms with E-state index in [9.17, 15) is 14.4 Å². The van der Waals surface area contributed by atoms with Crippen LogP contribution in [0.3, 0.4) is 0 Å². The molecule has 0 aliphatic heterocycles. The third-order valence-corrected chi connectivity index (χ3v) is 6.40. The number of carbonyl (C=O) groups excluding carboxylic acids is 2. The summed E-state index contributed by atoms with van der Waals surface area (Å²) in [5.74, 6) is -0.705. The molecule has 2 aromatic carbocycles. The molecule has 0 aliphatic carbocycles. The Hall–Kier alpha value is -4.33. The first-order valence-corrected chi connectivity index (χ1v) is 11.9. The van der Waals surface area contributed by atoms with Crippen molar-refractivity contribution in [1.29, 1.82) is 0 Å². The maximum atomic E-state index is 13.3. The van der Waals surface area contributed by atoms with Gasteiger partial charge in [0.15, 0.2) is 5.78 Å². The molecule has 37 heavy (non-hydrogen) atoms. The number of hydrogen-bond donors (Lipinski definition) is 1. The number of fused-ring (bicyclic) bond motifs is 1. The lowest BCUT2D eigenvalue weighted by atomic mass is 10.0. The van der Waals surface area contributed by atoms with Crippen molar-refractivity contribution < 1.29 is 9.59 Å².